The fourth-order valence-electron chi connectivity index (χ4n) is 3.93. The number of benzene rings is 2. The first-order valence-corrected chi connectivity index (χ1v) is 12.0. The molecule has 4 rings (SSSR count). The van der Waals surface area contributed by atoms with E-state index in [4.69, 9.17) is 21.3 Å². The van der Waals surface area contributed by atoms with Gasteiger partial charge in [0.15, 0.2) is 5.17 Å². The molecule has 6 nitrogen and oxygen atoms in total. The smallest absolute Gasteiger partial charge is 0.338 e. The van der Waals surface area contributed by atoms with E-state index in [2.05, 4.69) is 5.32 Å². The van der Waals surface area contributed by atoms with Gasteiger partial charge in [-0.25, -0.2) is 14.2 Å². The number of thioether (sulfide) groups is 1. The Morgan fingerprint density at radius 1 is 1.24 bits per heavy atom. The van der Waals surface area contributed by atoms with Gasteiger partial charge in [-0.2, -0.15) is 0 Å². The number of nitrogens with one attached hydrogen (secondary N) is 1. The Bertz CT molecular complexity index is 1210. The quantitative estimate of drug-likeness (QED) is 0.522. The van der Waals surface area contributed by atoms with E-state index in [0.717, 1.165) is 11.1 Å². The summed E-state index contributed by atoms with van der Waals surface area (Å²) in [5, 5.41) is 5.97. The number of nitrogens with zero attached hydrogens (tertiary/aromatic N) is 2. The molecule has 0 aromatic heterocycles. The predicted molar refractivity (Wildman–Crippen MR) is 131 cm³/mol. The minimum Gasteiger partial charge on any atom is -0.466 e. The predicted octanol–water partition coefficient (Wildman–Crippen LogP) is 5.32. The number of ether oxygens (including phenoxy) is 1. The largest absolute Gasteiger partial charge is 0.466 e. The molecule has 1 atom stereocenters. The number of carbonyl (C=O) groups is 2. The van der Waals surface area contributed by atoms with Gasteiger partial charge in [0.05, 0.1) is 30.8 Å². The second kappa shape index (κ2) is 10.4. The molecule has 0 saturated heterocycles. The highest BCUT2D eigenvalue weighted by Crippen LogP contribution is 2.45. The fraction of sp³-hybridized carbons (Fsp3) is 0.240. The fourth-order valence-corrected chi connectivity index (χ4v) is 5.07. The lowest BCUT2D eigenvalue weighted by molar-refractivity contribution is -0.136. The number of esters is 1. The van der Waals surface area contributed by atoms with Crippen LogP contribution in [0.5, 0.6) is 0 Å². The van der Waals surface area contributed by atoms with Gasteiger partial charge >= 0.3 is 5.97 Å². The maximum atomic E-state index is 13.1. The highest BCUT2D eigenvalue weighted by atomic mass is 35.5. The maximum absolute atomic E-state index is 13.1. The van der Waals surface area contributed by atoms with E-state index in [-0.39, 0.29) is 24.7 Å². The number of allylic oxidation sites excluding steroid dienone is 1. The molecule has 2 aromatic carbocycles. The van der Waals surface area contributed by atoms with Crippen LogP contribution in [0.2, 0.25) is 5.02 Å². The van der Waals surface area contributed by atoms with Gasteiger partial charge in [-0.15, -0.1) is 0 Å². The average Bonchev–Trinajstić information content (AvgIpc) is 3.24. The van der Waals surface area contributed by atoms with Crippen molar-refractivity contribution in [3.8, 4) is 0 Å². The summed E-state index contributed by atoms with van der Waals surface area (Å²) in [4.78, 5) is 32.2. The number of amides is 1. The first kappa shape index (κ1) is 24.0. The van der Waals surface area contributed by atoms with Crippen LogP contribution in [-0.2, 0) is 20.9 Å². The van der Waals surface area contributed by atoms with E-state index >= 15 is 0 Å². The van der Waals surface area contributed by atoms with Crippen molar-refractivity contribution in [2.45, 2.75) is 32.4 Å². The first-order valence-electron chi connectivity index (χ1n) is 10.7. The summed E-state index contributed by atoms with van der Waals surface area (Å²) in [6.07, 6.45) is 0.632. The molecule has 0 fully saturated rings. The zero-order valence-corrected chi connectivity index (χ0v) is 20.3. The molecule has 2 aliphatic rings. The number of hydrogen-bond acceptors (Lipinski definition) is 6. The molecule has 1 unspecified atom stereocenters. The third-order valence-electron chi connectivity index (χ3n) is 5.54. The molecular formula is C25H23ClFN3O3S. The van der Waals surface area contributed by atoms with Gasteiger partial charge in [-0.3, -0.25) is 4.79 Å². The maximum Gasteiger partial charge on any atom is 0.338 e. The molecule has 2 aliphatic heterocycles. The van der Waals surface area contributed by atoms with Crippen molar-refractivity contribution >= 4 is 40.4 Å². The van der Waals surface area contributed by atoms with E-state index in [9.17, 15) is 14.0 Å². The Kier molecular flexibility index (Phi) is 7.38. The zero-order chi connectivity index (χ0) is 24.2. The van der Waals surface area contributed by atoms with Crippen molar-refractivity contribution in [2.75, 3.05) is 7.11 Å². The van der Waals surface area contributed by atoms with Crippen LogP contribution in [0, 0.1) is 5.82 Å². The molecule has 2 heterocycles. The van der Waals surface area contributed by atoms with Crippen molar-refractivity contribution in [3.63, 3.8) is 0 Å². The van der Waals surface area contributed by atoms with Crippen molar-refractivity contribution in [1.82, 2.24) is 10.2 Å². The molecule has 0 saturated carbocycles. The van der Waals surface area contributed by atoms with Crippen molar-refractivity contribution in [3.05, 3.63) is 92.9 Å². The van der Waals surface area contributed by atoms with Gasteiger partial charge in [0, 0.05) is 17.3 Å². The number of halogens is 2. The van der Waals surface area contributed by atoms with Gasteiger partial charge in [0.25, 0.3) is 0 Å². The molecule has 34 heavy (non-hydrogen) atoms. The van der Waals surface area contributed by atoms with E-state index in [1.807, 2.05) is 29.4 Å². The normalized spacial score (nSPS) is 17.2. The third-order valence-corrected chi connectivity index (χ3v) is 6.66. The van der Waals surface area contributed by atoms with Crippen LogP contribution >= 0.6 is 23.4 Å². The molecule has 0 aliphatic carbocycles. The van der Waals surface area contributed by atoms with E-state index in [1.165, 1.54) is 31.0 Å². The number of rotatable bonds is 7. The highest BCUT2D eigenvalue weighted by molar-refractivity contribution is 8.16. The lowest BCUT2D eigenvalue weighted by atomic mass is 9.93. The molecular weight excluding hydrogens is 477 g/mol. The molecule has 0 spiro atoms. The van der Waals surface area contributed by atoms with E-state index in [1.54, 1.807) is 24.3 Å². The Morgan fingerprint density at radius 2 is 2.00 bits per heavy atom. The summed E-state index contributed by atoms with van der Waals surface area (Å²) in [6, 6.07) is 12.7. The zero-order valence-electron chi connectivity index (χ0n) is 18.7. The monoisotopic (exact) mass is 499 g/mol. The first-order chi connectivity index (χ1) is 16.4. The number of carbonyl (C=O) groups excluding carboxylic acids is 2. The molecule has 0 radical (unpaired) electrons. The van der Waals surface area contributed by atoms with Gasteiger partial charge in [0.1, 0.15) is 5.82 Å². The molecule has 9 heteroatoms. The summed E-state index contributed by atoms with van der Waals surface area (Å²) in [5.41, 5.74) is 3.38. The van der Waals surface area contributed by atoms with Crippen LogP contribution in [0.15, 0.2) is 75.9 Å². The number of fused-ring (bicyclic) bond motifs is 1. The highest BCUT2D eigenvalue weighted by Gasteiger charge is 2.41. The molecule has 1 amide bonds. The summed E-state index contributed by atoms with van der Waals surface area (Å²) in [6.45, 7) is 2.22. The SMILES string of the molecule is CCC1=C(C(=O)OC)C(c2cccc(Cl)c2)N2C(CC(=O)NCc3ccc(F)cc3)=CSC2=N1. The lowest BCUT2D eigenvalue weighted by Crippen LogP contribution is -2.38. The van der Waals surface area contributed by atoms with Crippen LogP contribution in [0.1, 0.15) is 36.9 Å². The summed E-state index contributed by atoms with van der Waals surface area (Å²) < 4.78 is 18.2. The van der Waals surface area contributed by atoms with Crippen LogP contribution in [-0.4, -0.2) is 29.1 Å². The third kappa shape index (κ3) is 5.03. The van der Waals surface area contributed by atoms with Crippen LogP contribution in [0.25, 0.3) is 0 Å². The minimum atomic E-state index is -0.528. The summed E-state index contributed by atoms with van der Waals surface area (Å²) in [7, 11) is 1.34. The van der Waals surface area contributed by atoms with Gasteiger partial charge in [-0.05, 0) is 47.2 Å². The van der Waals surface area contributed by atoms with Crippen LogP contribution in [0.3, 0.4) is 0 Å². The summed E-state index contributed by atoms with van der Waals surface area (Å²) in [5.74, 6) is -0.998. The average molecular weight is 500 g/mol. The Labute approximate surface area is 206 Å². The molecule has 2 aromatic rings. The van der Waals surface area contributed by atoms with Crippen LogP contribution < -0.4 is 5.32 Å². The van der Waals surface area contributed by atoms with Gasteiger partial charge in [-0.1, -0.05) is 54.6 Å². The van der Waals surface area contributed by atoms with Crippen LogP contribution in [0.4, 0.5) is 4.39 Å². The van der Waals surface area contributed by atoms with E-state index in [0.29, 0.717) is 33.6 Å². The molecule has 1 N–H and O–H groups in total. The number of aliphatic imine (C=N–C) groups is 1. The second-order valence-corrected chi connectivity index (χ2v) is 9.01. The van der Waals surface area contributed by atoms with Crippen molar-refractivity contribution < 1.29 is 18.7 Å². The second-order valence-electron chi connectivity index (χ2n) is 7.73. The summed E-state index contributed by atoms with van der Waals surface area (Å²) >= 11 is 7.69. The minimum absolute atomic E-state index is 0.0835. The molecule has 0 bridgehead atoms. The topological polar surface area (TPSA) is 71.0 Å². The van der Waals surface area contributed by atoms with Crippen molar-refractivity contribution in [2.24, 2.45) is 4.99 Å². The Morgan fingerprint density at radius 3 is 2.68 bits per heavy atom. The lowest BCUT2D eigenvalue weighted by Gasteiger charge is -2.36. The standard InChI is InChI=1S/C25H23ClFN3O3S/c1-3-20-22(24(32)33-2)23(16-5-4-6-17(26)11-16)30-19(14-34-25(30)29-20)12-21(31)28-13-15-7-9-18(27)10-8-15/h4-11,14,23H,3,12-13H2,1-2H3,(H,28,31). The van der Waals surface area contributed by atoms with Gasteiger partial charge in [0.2, 0.25) is 5.91 Å². The van der Waals surface area contributed by atoms with Gasteiger partial charge < -0.3 is 15.0 Å². The number of hydrogen-bond donors (Lipinski definition) is 1. The number of methoxy groups -OCH3 is 1. The Balaban J connectivity index is 1.61. The Hall–Kier alpha value is -3.10. The van der Waals surface area contributed by atoms with Crippen molar-refractivity contribution in [1.29, 1.82) is 0 Å². The van der Waals surface area contributed by atoms with E-state index < -0.39 is 12.0 Å². The molecule has 176 valence electrons. The number of amidine groups is 1.